The summed E-state index contributed by atoms with van der Waals surface area (Å²) in [5, 5.41) is 0.868. The fourth-order valence-corrected chi connectivity index (χ4v) is 2.18. The van der Waals surface area contributed by atoms with E-state index in [0.29, 0.717) is 0 Å². The summed E-state index contributed by atoms with van der Waals surface area (Å²) < 4.78 is 6.18. The molecular weight excluding hydrogens is 322 g/mol. The molecule has 0 N–H and O–H groups in total. The number of halogens is 2. The second kappa shape index (κ2) is 6.51. The van der Waals surface area contributed by atoms with Crippen LogP contribution in [0.4, 0.5) is 5.69 Å². The minimum Gasteiger partial charge on any atom is -0.383 e. The molecule has 0 heterocycles. The molecule has 2 nitrogen and oxygen atoms in total. The largest absolute Gasteiger partial charge is 0.383 e. The van der Waals surface area contributed by atoms with Crippen molar-refractivity contribution in [1.82, 2.24) is 0 Å². The number of hydrogen-bond donors (Lipinski definition) is 0. The number of methoxy groups -OCH3 is 1. The Morgan fingerprint density at radius 1 is 1.40 bits per heavy atom. The van der Waals surface area contributed by atoms with E-state index in [4.69, 9.17) is 4.74 Å². The van der Waals surface area contributed by atoms with Crippen molar-refractivity contribution in [3.63, 3.8) is 0 Å². The van der Waals surface area contributed by atoms with E-state index in [2.05, 4.69) is 62.0 Å². The molecule has 0 aliphatic heterocycles. The number of rotatable bonds is 5. The maximum atomic E-state index is 5.07. The molecule has 0 amide bonds. The molecule has 0 spiro atoms. The highest BCUT2D eigenvalue weighted by Crippen LogP contribution is 2.25. The summed E-state index contributed by atoms with van der Waals surface area (Å²) in [6.07, 6.45) is 0. The Morgan fingerprint density at radius 2 is 2.13 bits per heavy atom. The molecular formula is C11H15Br2NO. The molecule has 0 radical (unpaired) electrons. The summed E-state index contributed by atoms with van der Waals surface area (Å²) in [5.74, 6) is 0. The number of ether oxygens (including phenoxy) is 1. The van der Waals surface area contributed by atoms with Gasteiger partial charge in [0.05, 0.1) is 6.61 Å². The van der Waals surface area contributed by atoms with Gasteiger partial charge in [-0.25, -0.2) is 0 Å². The molecule has 0 saturated heterocycles. The van der Waals surface area contributed by atoms with Crippen molar-refractivity contribution < 1.29 is 4.74 Å². The van der Waals surface area contributed by atoms with Gasteiger partial charge >= 0.3 is 0 Å². The van der Waals surface area contributed by atoms with Crippen LogP contribution in [-0.4, -0.2) is 27.3 Å². The molecule has 1 rings (SSSR count). The Balaban J connectivity index is 2.85. The van der Waals surface area contributed by atoms with E-state index in [1.165, 1.54) is 11.3 Å². The molecule has 1 aromatic carbocycles. The van der Waals surface area contributed by atoms with Gasteiger partial charge in [-0.2, -0.15) is 0 Å². The molecule has 4 heteroatoms. The van der Waals surface area contributed by atoms with Crippen LogP contribution in [0.5, 0.6) is 0 Å². The average molecular weight is 337 g/mol. The van der Waals surface area contributed by atoms with Gasteiger partial charge in [-0.05, 0) is 17.7 Å². The van der Waals surface area contributed by atoms with Gasteiger partial charge < -0.3 is 9.64 Å². The van der Waals surface area contributed by atoms with Crippen LogP contribution in [0, 0.1) is 0 Å². The van der Waals surface area contributed by atoms with Crippen LogP contribution >= 0.6 is 31.9 Å². The van der Waals surface area contributed by atoms with Crippen molar-refractivity contribution in [3.8, 4) is 0 Å². The lowest BCUT2D eigenvalue weighted by Crippen LogP contribution is -2.23. The molecule has 0 aliphatic rings. The maximum absolute atomic E-state index is 5.07. The van der Waals surface area contributed by atoms with Crippen LogP contribution in [-0.2, 0) is 10.1 Å². The fraction of sp³-hybridized carbons (Fsp3) is 0.455. The van der Waals surface area contributed by atoms with Gasteiger partial charge in [-0.15, -0.1) is 0 Å². The summed E-state index contributed by atoms with van der Waals surface area (Å²) >= 11 is 6.98. The van der Waals surface area contributed by atoms with E-state index in [-0.39, 0.29) is 0 Å². The third-order valence-corrected chi connectivity index (χ3v) is 3.33. The van der Waals surface area contributed by atoms with E-state index in [1.54, 1.807) is 7.11 Å². The van der Waals surface area contributed by atoms with Gasteiger partial charge in [0.15, 0.2) is 0 Å². The van der Waals surface area contributed by atoms with E-state index >= 15 is 0 Å². The molecule has 1 aromatic rings. The number of anilines is 1. The SMILES string of the molecule is COCCN(C)c1cc(Br)ccc1CBr. The zero-order valence-corrected chi connectivity index (χ0v) is 12.1. The number of alkyl halides is 1. The number of hydrogen-bond acceptors (Lipinski definition) is 2. The molecule has 0 aliphatic carbocycles. The van der Waals surface area contributed by atoms with Crippen LogP contribution in [0.25, 0.3) is 0 Å². The highest BCUT2D eigenvalue weighted by Gasteiger charge is 2.06. The van der Waals surface area contributed by atoms with Gasteiger partial charge in [-0.1, -0.05) is 37.9 Å². The first-order valence-electron chi connectivity index (χ1n) is 4.73. The Hall–Kier alpha value is -0.0600. The third-order valence-electron chi connectivity index (χ3n) is 2.23. The molecule has 15 heavy (non-hydrogen) atoms. The van der Waals surface area contributed by atoms with Crippen molar-refractivity contribution in [2.75, 3.05) is 32.2 Å². The summed E-state index contributed by atoms with van der Waals surface area (Å²) in [6.45, 7) is 1.64. The minimum atomic E-state index is 0.741. The first kappa shape index (κ1) is 13.0. The molecule has 0 fully saturated rings. The third kappa shape index (κ3) is 3.78. The van der Waals surface area contributed by atoms with Gasteiger partial charge in [0.25, 0.3) is 0 Å². The summed E-state index contributed by atoms with van der Waals surface area (Å²) in [6, 6.07) is 6.31. The molecule has 0 aromatic heterocycles. The van der Waals surface area contributed by atoms with Crippen LogP contribution < -0.4 is 4.90 Å². The lowest BCUT2D eigenvalue weighted by Gasteiger charge is -2.21. The Morgan fingerprint density at radius 3 is 2.73 bits per heavy atom. The Bertz CT molecular complexity index is 317. The van der Waals surface area contributed by atoms with Gasteiger partial charge in [0.1, 0.15) is 0 Å². The van der Waals surface area contributed by atoms with Crippen LogP contribution in [0.3, 0.4) is 0 Å². The lowest BCUT2D eigenvalue weighted by molar-refractivity contribution is 0.206. The first-order chi connectivity index (χ1) is 7.19. The van der Waals surface area contributed by atoms with E-state index < -0.39 is 0 Å². The van der Waals surface area contributed by atoms with Crippen LogP contribution in [0.1, 0.15) is 5.56 Å². The summed E-state index contributed by atoms with van der Waals surface area (Å²) in [7, 11) is 3.80. The second-order valence-electron chi connectivity index (χ2n) is 3.32. The Labute approximate surface area is 108 Å². The Kier molecular flexibility index (Phi) is 5.64. The molecule has 0 atom stereocenters. The number of likely N-dealkylation sites (N-methyl/N-ethyl adjacent to an activating group) is 1. The topological polar surface area (TPSA) is 12.5 Å². The fourth-order valence-electron chi connectivity index (χ4n) is 1.35. The minimum absolute atomic E-state index is 0.741. The van der Waals surface area contributed by atoms with Crippen molar-refractivity contribution in [1.29, 1.82) is 0 Å². The van der Waals surface area contributed by atoms with Gasteiger partial charge in [0, 0.05) is 36.2 Å². The molecule has 0 bridgehead atoms. The van der Waals surface area contributed by atoms with E-state index in [9.17, 15) is 0 Å². The number of benzene rings is 1. The summed E-state index contributed by atoms with van der Waals surface area (Å²) in [4.78, 5) is 2.20. The van der Waals surface area contributed by atoms with Gasteiger partial charge in [0.2, 0.25) is 0 Å². The highest BCUT2D eigenvalue weighted by atomic mass is 79.9. The van der Waals surface area contributed by atoms with Gasteiger partial charge in [-0.3, -0.25) is 0 Å². The molecule has 0 unspecified atom stereocenters. The summed E-state index contributed by atoms with van der Waals surface area (Å²) in [5.41, 5.74) is 2.52. The zero-order chi connectivity index (χ0) is 11.3. The van der Waals surface area contributed by atoms with Crippen LogP contribution in [0.2, 0.25) is 0 Å². The van der Waals surface area contributed by atoms with E-state index in [0.717, 1.165) is 23.0 Å². The predicted octanol–water partition coefficient (Wildman–Crippen LogP) is 3.43. The monoisotopic (exact) mass is 335 g/mol. The van der Waals surface area contributed by atoms with Crippen molar-refractivity contribution in [2.45, 2.75) is 5.33 Å². The molecule has 84 valence electrons. The maximum Gasteiger partial charge on any atom is 0.0637 e. The quantitative estimate of drug-likeness (QED) is 0.764. The van der Waals surface area contributed by atoms with Crippen molar-refractivity contribution >= 4 is 37.5 Å². The highest BCUT2D eigenvalue weighted by molar-refractivity contribution is 9.10. The lowest BCUT2D eigenvalue weighted by atomic mass is 10.2. The van der Waals surface area contributed by atoms with Crippen molar-refractivity contribution in [3.05, 3.63) is 28.2 Å². The first-order valence-corrected chi connectivity index (χ1v) is 6.65. The predicted molar refractivity (Wildman–Crippen MR) is 71.9 cm³/mol. The zero-order valence-electron chi connectivity index (χ0n) is 8.96. The molecule has 0 saturated carbocycles. The normalized spacial score (nSPS) is 10.4. The smallest absolute Gasteiger partial charge is 0.0637 e. The standard InChI is InChI=1S/C11H15Br2NO/c1-14(5-6-15-2)11-7-10(13)4-3-9(11)8-12/h3-4,7H,5-6,8H2,1-2H3. The van der Waals surface area contributed by atoms with E-state index in [1.807, 2.05) is 0 Å². The van der Waals surface area contributed by atoms with Crippen LogP contribution in [0.15, 0.2) is 22.7 Å². The average Bonchev–Trinajstić information content (AvgIpc) is 2.25. The second-order valence-corrected chi connectivity index (χ2v) is 4.80. The number of nitrogens with zero attached hydrogens (tertiary/aromatic N) is 1. The van der Waals surface area contributed by atoms with Crippen molar-refractivity contribution in [2.24, 2.45) is 0 Å².